The summed E-state index contributed by atoms with van der Waals surface area (Å²) in [5.41, 5.74) is 0.105. The van der Waals surface area contributed by atoms with Crippen LogP contribution in [0.1, 0.15) is 46.7 Å². The number of rotatable bonds is 2. The van der Waals surface area contributed by atoms with E-state index >= 15 is 0 Å². The van der Waals surface area contributed by atoms with Crippen molar-refractivity contribution in [1.29, 1.82) is 5.26 Å². The molecule has 20 heavy (non-hydrogen) atoms. The fraction of sp³-hybridized carbons (Fsp3) is 0.429. The van der Waals surface area contributed by atoms with Crippen molar-refractivity contribution < 1.29 is 9.59 Å². The third-order valence-corrected chi connectivity index (χ3v) is 3.29. The summed E-state index contributed by atoms with van der Waals surface area (Å²) < 4.78 is 0. The van der Waals surface area contributed by atoms with E-state index in [-0.39, 0.29) is 23.3 Å². The molecule has 0 aromatic carbocycles. The number of carbonyl (C=O) groups is 2. The maximum atomic E-state index is 12.1. The van der Waals surface area contributed by atoms with E-state index in [1.54, 1.807) is 6.07 Å². The largest absolute Gasteiger partial charge is 0.339 e. The number of ketones is 1. The van der Waals surface area contributed by atoms with Gasteiger partial charge in [0.15, 0.2) is 5.78 Å². The Morgan fingerprint density at radius 2 is 2.15 bits per heavy atom. The molecule has 0 bridgehead atoms. The Morgan fingerprint density at radius 3 is 2.80 bits per heavy atom. The van der Waals surface area contributed by atoms with Gasteiger partial charge in [0.05, 0.1) is 6.07 Å². The van der Waals surface area contributed by atoms with E-state index in [0.29, 0.717) is 24.1 Å². The SMILES string of the molecule is CC1(C)CC(=O)c2cc(C(=O)NCC#N)c(=O)[nH]c2C1. The molecule has 0 aliphatic heterocycles. The lowest BCUT2D eigenvalue weighted by molar-refractivity contribution is 0.0910. The Labute approximate surface area is 115 Å². The Hall–Kier alpha value is -2.42. The molecule has 1 aromatic rings. The number of hydrogen-bond acceptors (Lipinski definition) is 4. The molecule has 0 radical (unpaired) electrons. The van der Waals surface area contributed by atoms with Gasteiger partial charge in [0, 0.05) is 17.7 Å². The number of pyridine rings is 1. The second-order valence-electron chi connectivity index (χ2n) is 5.69. The molecule has 1 aliphatic rings. The molecule has 0 spiro atoms. The number of fused-ring (bicyclic) bond motifs is 1. The maximum Gasteiger partial charge on any atom is 0.261 e. The average molecular weight is 273 g/mol. The van der Waals surface area contributed by atoms with E-state index in [9.17, 15) is 14.4 Å². The van der Waals surface area contributed by atoms with Crippen molar-refractivity contribution in [2.45, 2.75) is 26.7 Å². The van der Waals surface area contributed by atoms with E-state index in [0.717, 1.165) is 0 Å². The normalized spacial score (nSPS) is 16.1. The van der Waals surface area contributed by atoms with Gasteiger partial charge in [-0.1, -0.05) is 13.8 Å². The summed E-state index contributed by atoms with van der Waals surface area (Å²) in [7, 11) is 0. The number of nitrogens with zero attached hydrogens (tertiary/aromatic N) is 1. The number of amides is 1. The zero-order chi connectivity index (χ0) is 14.9. The van der Waals surface area contributed by atoms with Crippen LogP contribution in [0, 0.1) is 16.7 Å². The van der Waals surface area contributed by atoms with Crippen LogP contribution in [0.2, 0.25) is 0 Å². The summed E-state index contributed by atoms with van der Waals surface area (Å²) >= 11 is 0. The van der Waals surface area contributed by atoms with E-state index < -0.39 is 11.5 Å². The van der Waals surface area contributed by atoms with Gasteiger partial charge in [-0.15, -0.1) is 0 Å². The van der Waals surface area contributed by atoms with Gasteiger partial charge in [0.25, 0.3) is 11.5 Å². The lowest BCUT2D eigenvalue weighted by Crippen LogP contribution is -2.34. The Bertz CT molecular complexity index is 680. The summed E-state index contributed by atoms with van der Waals surface area (Å²) in [5.74, 6) is -0.727. The lowest BCUT2D eigenvalue weighted by Gasteiger charge is -2.29. The molecule has 0 saturated heterocycles. The number of aromatic nitrogens is 1. The molecule has 0 unspecified atom stereocenters. The van der Waals surface area contributed by atoms with Crippen LogP contribution in [-0.2, 0) is 6.42 Å². The highest BCUT2D eigenvalue weighted by molar-refractivity contribution is 6.02. The van der Waals surface area contributed by atoms with Crippen molar-refractivity contribution in [3.63, 3.8) is 0 Å². The van der Waals surface area contributed by atoms with Gasteiger partial charge in [0.1, 0.15) is 12.1 Å². The molecule has 2 N–H and O–H groups in total. The first-order valence-electron chi connectivity index (χ1n) is 6.28. The molecule has 104 valence electrons. The van der Waals surface area contributed by atoms with Crippen molar-refractivity contribution in [3.8, 4) is 6.07 Å². The minimum Gasteiger partial charge on any atom is -0.339 e. The molecule has 2 rings (SSSR count). The maximum absolute atomic E-state index is 12.1. The standard InChI is InChI=1S/C14H15N3O3/c1-14(2)6-10-8(11(18)7-14)5-9(13(20)17-10)12(19)16-4-3-15/h5H,4,6-7H2,1-2H3,(H,16,19)(H,17,20). The van der Waals surface area contributed by atoms with Gasteiger partial charge in [-0.05, 0) is 17.9 Å². The summed E-state index contributed by atoms with van der Waals surface area (Å²) in [6, 6.07) is 3.09. The molecular formula is C14H15N3O3. The molecule has 6 heteroatoms. The number of H-pyrrole nitrogens is 1. The minimum absolute atomic E-state index is 0.0816. The fourth-order valence-electron chi connectivity index (χ4n) is 2.41. The predicted octanol–water partition coefficient (Wildman–Crippen LogP) is 0.783. The monoisotopic (exact) mass is 273 g/mol. The van der Waals surface area contributed by atoms with Crippen molar-refractivity contribution in [2.75, 3.05) is 6.54 Å². The van der Waals surface area contributed by atoms with Crippen LogP contribution in [0.25, 0.3) is 0 Å². The van der Waals surface area contributed by atoms with Crippen molar-refractivity contribution in [1.82, 2.24) is 10.3 Å². The highest BCUT2D eigenvalue weighted by atomic mass is 16.2. The second-order valence-corrected chi connectivity index (χ2v) is 5.69. The van der Waals surface area contributed by atoms with E-state index in [2.05, 4.69) is 10.3 Å². The lowest BCUT2D eigenvalue weighted by atomic mass is 9.75. The minimum atomic E-state index is -0.645. The first-order valence-corrected chi connectivity index (χ1v) is 6.28. The molecular weight excluding hydrogens is 258 g/mol. The number of aromatic amines is 1. The van der Waals surface area contributed by atoms with Gasteiger partial charge >= 0.3 is 0 Å². The zero-order valence-corrected chi connectivity index (χ0v) is 11.4. The quantitative estimate of drug-likeness (QED) is 0.777. The van der Waals surface area contributed by atoms with Crippen LogP contribution in [-0.4, -0.2) is 23.2 Å². The van der Waals surface area contributed by atoms with Crippen LogP contribution < -0.4 is 10.9 Å². The number of hydrogen-bond donors (Lipinski definition) is 2. The predicted molar refractivity (Wildman–Crippen MR) is 71.4 cm³/mol. The zero-order valence-electron chi connectivity index (χ0n) is 11.4. The first kappa shape index (κ1) is 14.0. The number of nitrogens with one attached hydrogen (secondary N) is 2. The summed E-state index contributed by atoms with van der Waals surface area (Å²) in [6.45, 7) is 3.73. The number of nitriles is 1. The van der Waals surface area contributed by atoms with Crippen molar-refractivity contribution in [3.05, 3.63) is 33.2 Å². The van der Waals surface area contributed by atoms with Gasteiger partial charge in [-0.3, -0.25) is 14.4 Å². The Balaban J connectivity index is 2.44. The van der Waals surface area contributed by atoms with Gasteiger partial charge in [0.2, 0.25) is 0 Å². The van der Waals surface area contributed by atoms with Crippen molar-refractivity contribution in [2.24, 2.45) is 5.41 Å². The van der Waals surface area contributed by atoms with Gasteiger partial charge < -0.3 is 10.3 Å². The Kier molecular flexibility index (Phi) is 3.45. The smallest absolute Gasteiger partial charge is 0.261 e. The number of Topliss-reactive ketones (excluding diaryl/α,β-unsaturated/α-hetero) is 1. The highest BCUT2D eigenvalue weighted by Crippen LogP contribution is 2.33. The van der Waals surface area contributed by atoms with E-state index in [1.807, 2.05) is 13.8 Å². The molecule has 1 aliphatic carbocycles. The molecule has 1 aromatic heterocycles. The third-order valence-electron chi connectivity index (χ3n) is 3.29. The van der Waals surface area contributed by atoms with Gasteiger partial charge in [-0.2, -0.15) is 5.26 Å². The van der Waals surface area contributed by atoms with Crippen molar-refractivity contribution >= 4 is 11.7 Å². The van der Waals surface area contributed by atoms with Crippen LogP contribution >= 0.6 is 0 Å². The van der Waals surface area contributed by atoms with Gasteiger partial charge in [-0.25, -0.2) is 0 Å². The topological polar surface area (TPSA) is 103 Å². The second kappa shape index (κ2) is 4.93. The van der Waals surface area contributed by atoms with Crippen LogP contribution in [0.15, 0.2) is 10.9 Å². The van der Waals surface area contributed by atoms with E-state index in [1.165, 1.54) is 6.07 Å². The Morgan fingerprint density at radius 1 is 1.45 bits per heavy atom. The summed E-state index contributed by atoms with van der Waals surface area (Å²) in [5, 5.41) is 10.7. The third kappa shape index (κ3) is 2.62. The summed E-state index contributed by atoms with van der Waals surface area (Å²) in [4.78, 5) is 38.4. The molecule has 1 amide bonds. The molecule has 6 nitrogen and oxygen atoms in total. The first-order chi connectivity index (χ1) is 9.34. The summed E-state index contributed by atoms with van der Waals surface area (Å²) in [6.07, 6.45) is 0.967. The molecule has 0 fully saturated rings. The highest BCUT2D eigenvalue weighted by Gasteiger charge is 2.32. The van der Waals surface area contributed by atoms with E-state index in [4.69, 9.17) is 5.26 Å². The molecule has 1 heterocycles. The van der Waals surface area contributed by atoms with Crippen LogP contribution in [0.3, 0.4) is 0 Å². The average Bonchev–Trinajstić information content (AvgIpc) is 2.33. The molecule has 0 saturated carbocycles. The molecule has 0 atom stereocenters. The van der Waals surface area contributed by atoms with Crippen LogP contribution in [0.4, 0.5) is 0 Å². The fourth-order valence-corrected chi connectivity index (χ4v) is 2.41. The van der Waals surface area contributed by atoms with Crippen LogP contribution in [0.5, 0.6) is 0 Å². The number of carbonyl (C=O) groups excluding carboxylic acids is 2.